The number of aromatic nitrogens is 3. The van der Waals surface area contributed by atoms with Crippen LogP contribution in [0.2, 0.25) is 0 Å². The van der Waals surface area contributed by atoms with Gasteiger partial charge in [-0.3, -0.25) is 0 Å². The minimum absolute atomic E-state index is 0.509. The minimum Gasteiger partial charge on any atom is -0.382 e. The van der Waals surface area contributed by atoms with Gasteiger partial charge in [-0.25, -0.2) is 9.50 Å². The third-order valence-electron chi connectivity index (χ3n) is 2.47. The summed E-state index contributed by atoms with van der Waals surface area (Å²) >= 11 is 3.38. The monoisotopic (exact) mass is 276 g/mol. The lowest BCUT2D eigenvalue weighted by Crippen LogP contribution is -1.84. The Morgan fingerprint density at radius 2 is 2.11 bits per heavy atom. The van der Waals surface area contributed by atoms with E-state index in [1.165, 1.54) is 4.90 Å². The van der Waals surface area contributed by atoms with E-state index in [1.807, 2.05) is 11.8 Å². The van der Waals surface area contributed by atoms with Gasteiger partial charge in [-0.2, -0.15) is 5.10 Å². The molecule has 2 N–H and O–H groups in total. The summed E-state index contributed by atoms with van der Waals surface area (Å²) < 4.78 is 1.73. The van der Waals surface area contributed by atoms with Crippen LogP contribution in [-0.2, 0) is 0 Å². The van der Waals surface area contributed by atoms with Crippen molar-refractivity contribution in [1.82, 2.24) is 14.6 Å². The van der Waals surface area contributed by atoms with Crippen LogP contribution in [-0.4, -0.2) is 20.4 Å². The first-order valence-corrected chi connectivity index (χ1v) is 7.41. The minimum atomic E-state index is 0.509. The summed E-state index contributed by atoms with van der Waals surface area (Å²) in [6.07, 6.45) is 1.73. The molecule has 6 heteroatoms. The van der Waals surface area contributed by atoms with Gasteiger partial charge >= 0.3 is 0 Å². The SMILES string of the molecule is CCSc1ccc(-c2nn3cc(N)nc3s2)cc1. The summed E-state index contributed by atoms with van der Waals surface area (Å²) in [5, 5.41) is 5.43. The van der Waals surface area contributed by atoms with Crippen LogP contribution in [0.4, 0.5) is 5.82 Å². The van der Waals surface area contributed by atoms with Crippen molar-refractivity contribution in [2.75, 3.05) is 11.5 Å². The first-order valence-electron chi connectivity index (χ1n) is 5.61. The van der Waals surface area contributed by atoms with Crippen molar-refractivity contribution in [2.45, 2.75) is 11.8 Å². The standard InChI is InChI=1S/C12H12N4S2/c1-2-17-9-5-3-8(4-6-9)11-15-16-7-10(13)14-12(16)18-11/h3-7H,2,13H2,1H3. The molecule has 0 fully saturated rings. The molecule has 1 aromatic carbocycles. The van der Waals surface area contributed by atoms with Gasteiger partial charge in [-0.1, -0.05) is 30.4 Å². The molecule has 18 heavy (non-hydrogen) atoms. The number of imidazole rings is 1. The van der Waals surface area contributed by atoms with Crippen molar-refractivity contribution in [3.05, 3.63) is 30.5 Å². The number of fused-ring (bicyclic) bond motifs is 1. The Labute approximate surface area is 113 Å². The predicted molar refractivity (Wildman–Crippen MR) is 77.1 cm³/mol. The fourth-order valence-corrected chi connectivity index (χ4v) is 3.25. The van der Waals surface area contributed by atoms with E-state index < -0.39 is 0 Å². The third kappa shape index (κ3) is 2.09. The number of hydrogen-bond donors (Lipinski definition) is 1. The van der Waals surface area contributed by atoms with E-state index in [9.17, 15) is 0 Å². The maximum atomic E-state index is 5.61. The number of benzene rings is 1. The van der Waals surface area contributed by atoms with Gasteiger partial charge in [0.05, 0.1) is 6.20 Å². The zero-order valence-electron chi connectivity index (χ0n) is 9.83. The first kappa shape index (κ1) is 11.6. The van der Waals surface area contributed by atoms with E-state index in [2.05, 4.69) is 41.3 Å². The zero-order chi connectivity index (χ0) is 12.5. The van der Waals surface area contributed by atoms with E-state index in [-0.39, 0.29) is 0 Å². The number of anilines is 1. The summed E-state index contributed by atoms with van der Waals surface area (Å²) in [5.74, 6) is 1.60. The van der Waals surface area contributed by atoms with Crippen LogP contribution in [0.5, 0.6) is 0 Å². The molecule has 3 aromatic rings. The van der Waals surface area contributed by atoms with Gasteiger partial charge < -0.3 is 5.73 Å². The fourth-order valence-electron chi connectivity index (χ4n) is 1.69. The molecule has 0 bridgehead atoms. The normalized spacial score (nSPS) is 11.2. The Kier molecular flexibility index (Phi) is 2.97. The Morgan fingerprint density at radius 1 is 1.33 bits per heavy atom. The van der Waals surface area contributed by atoms with Gasteiger partial charge in [0, 0.05) is 10.5 Å². The Hall–Kier alpha value is -1.53. The summed E-state index contributed by atoms with van der Waals surface area (Å²) in [5.41, 5.74) is 6.72. The van der Waals surface area contributed by atoms with Crippen LogP contribution in [0.1, 0.15) is 6.92 Å². The number of nitrogens with zero attached hydrogens (tertiary/aromatic N) is 3. The second-order valence-corrected chi connectivity index (χ2v) is 6.05. The molecule has 0 spiro atoms. The van der Waals surface area contributed by atoms with Crippen LogP contribution >= 0.6 is 23.1 Å². The summed E-state index contributed by atoms with van der Waals surface area (Å²) in [6, 6.07) is 8.45. The molecule has 0 aliphatic carbocycles. The van der Waals surface area contributed by atoms with E-state index in [0.29, 0.717) is 5.82 Å². The smallest absolute Gasteiger partial charge is 0.214 e. The molecule has 0 radical (unpaired) electrons. The van der Waals surface area contributed by atoms with Crippen LogP contribution in [0, 0.1) is 0 Å². The maximum Gasteiger partial charge on any atom is 0.214 e. The van der Waals surface area contributed by atoms with Gasteiger partial charge in [0.2, 0.25) is 4.96 Å². The van der Waals surface area contributed by atoms with Crippen molar-refractivity contribution in [3.63, 3.8) is 0 Å². The zero-order valence-corrected chi connectivity index (χ0v) is 11.5. The molecule has 0 aliphatic heterocycles. The fraction of sp³-hybridized carbons (Fsp3) is 0.167. The van der Waals surface area contributed by atoms with Crippen LogP contribution in [0.25, 0.3) is 15.5 Å². The van der Waals surface area contributed by atoms with E-state index in [4.69, 9.17) is 5.73 Å². The van der Waals surface area contributed by atoms with Gasteiger partial charge in [0.15, 0.2) is 0 Å². The predicted octanol–water partition coefficient (Wildman–Crippen LogP) is 3.15. The van der Waals surface area contributed by atoms with Gasteiger partial charge in [-0.05, 0) is 17.9 Å². The second kappa shape index (κ2) is 4.62. The first-order chi connectivity index (χ1) is 8.76. The maximum absolute atomic E-state index is 5.61. The lowest BCUT2D eigenvalue weighted by Gasteiger charge is -1.99. The number of hydrogen-bond acceptors (Lipinski definition) is 5. The average Bonchev–Trinajstić information content (AvgIpc) is 2.87. The molecule has 0 unspecified atom stereocenters. The Bertz CT molecular complexity index is 638. The second-order valence-electron chi connectivity index (χ2n) is 3.76. The third-order valence-corrected chi connectivity index (χ3v) is 4.34. The molecule has 92 valence electrons. The molecule has 0 atom stereocenters. The van der Waals surface area contributed by atoms with Gasteiger partial charge in [0.25, 0.3) is 0 Å². The molecule has 0 saturated heterocycles. The Morgan fingerprint density at radius 3 is 2.78 bits per heavy atom. The number of thioether (sulfide) groups is 1. The van der Waals surface area contributed by atoms with Crippen LogP contribution in [0.15, 0.2) is 35.4 Å². The molecule has 2 heterocycles. The Balaban J connectivity index is 1.95. The molecule has 0 amide bonds. The van der Waals surface area contributed by atoms with E-state index in [1.54, 1.807) is 22.0 Å². The van der Waals surface area contributed by atoms with Crippen LogP contribution in [0.3, 0.4) is 0 Å². The van der Waals surface area contributed by atoms with Crippen molar-refractivity contribution >= 4 is 33.9 Å². The van der Waals surface area contributed by atoms with E-state index in [0.717, 1.165) is 21.3 Å². The van der Waals surface area contributed by atoms with Crippen molar-refractivity contribution in [2.24, 2.45) is 0 Å². The highest BCUT2D eigenvalue weighted by molar-refractivity contribution is 7.99. The lowest BCUT2D eigenvalue weighted by molar-refractivity contribution is 0.978. The van der Waals surface area contributed by atoms with Gasteiger partial charge in [0.1, 0.15) is 10.8 Å². The quantitative estimate of drug-likeness (QED) is 0.747. The summed E-state index contributed by atoms with van der Waals surface area (Å²) in [6.45, 7) is 2.15. The number of nitrogen functional groups attached to an aromatic ring is 1. The van der Waals surface area contributed by atoms with Crippen molar-refractivity contribution < 1.29 is 0 Å². The average molecular weight is 276 g/mol. The number of rotatable bonds is 3. The highest BCUT2D eigenvalue weighted by Crippen LogP contribution is 2.28. The molecular weight excluding hydrogens is 264 g/mol. The largest absolute Gasteiger partial charge is 0.382 e. The van der Waals surface area contributed by atoms with Gasteiger partial charge in [-0.15, -0.1) is 11.8 Å². The molecule has 3 rings (SSSR count). The highest BCUT2D eigenvalue weighted by Gasteiger charge is 2.08. The van der Waals surface area contributed by atoms with Crippen molar-refractivity contribution in [3.8, 4) is 10.6 Å². The summed E-state index contributed by atoms with van der Waals surface area (Å²) in [4.78, 5) is 6.31. The molecule has 4 nitrogen and oxygen atoms in total. The summed E-state index contributed by atoms with van der Waals surface area (Å²) in [7, 11) is 0. The molecule has 0 aliphatic rings. The molecule has 2 aromatic heterocycles. The lowest BCUT2D eigenvalue weighted by atomic mass is 10.2. The topological polar surface area (TPSA) is 56.2 Å². The van der Waals surface area contributed by atoms with Crippen molar-refractivity contribution in [1.29, 1.82) is 0 Å². The molecular formula is C12H12N4S2. The highest BCUT2D eigenvalue weighted by atomic mass is 32.2. The molecule has 0 saturated carbocycles. The van der Waals surface area contributed by atoms with Crippen LogP contribution < -0.4 is 5.73 Å². The van der Waals surface area contributed by atoms with E-state index >= 15 is 0 Å². The number of nitrogens with two attached hydrogens (primary N) is 1.